The number of carbonyl (C=O) groups is 1. The van der Waals surface area contributed by atoms with Crippen LogP contribution >= 0.6 is 0 Å². The van der Waals surface area contributed by atoms with Crippen LogP contribution in [0.5, 0.6) is 0 Å². The lowest BCUT2D eigenvalue weighted by atomic mass is 10.1. The maximum atomic E-state index is 12.1. The maximum Gasteiger partial charge on any atom is 0.319 e. The highest BCUT2D eigenvalue weighted by molar-refractivity contribution is 5.89. The fraction of sp³-hybridized carbons (Fsp3) is 0.312. The Morgan fingerprint density at radius 3 is 3.00 bits per heavy atom. The summed E-state index contributed by atoms with van der Waals surface area (Å²) in [5.74, 6) is 0.804. The first-order valence-electron chi connectivity index (χ1n) is 7.50. The second-order valence-electron chi connectivity index (χ2n) is 5.40. The molecule has 0 atom stereocenters. The van der Waals surface area contributed by atoms with Gasteiger partial charge in [0.1, 0.15) is 11.4 Å². The normalized spacial score (nSPS) is 10.9. The van der Waals surface area contributed by atoms with Crippen LogP contribution < -0.4 is 10.6 Å². The van der Waals surface area contributed by atoms with Crippen LogP contribution in [0.15, 0.2) is 29.2 Å². The molecule has 2 N–H and O–H groups in total. The molecule has 0 aliphatic heterocycles. The molecule has 3 rings (SSSR count). The monoisotopic (exact) mass is 313 g/mol. The highest BCUT2D eigenvalue weighted by Gasteiger charge is 2.12. The zero-order chi connectivity index (χ0) is 16.4. The first-order valence-corrected chi connectivity index (χ1v) is 7.50. The molecule has 3 aromatic heterocycles. The number of imidazole rings is 1. The molecule has 2 amide bonds. The second kappa shape index (κ2) is 6.12. The number of nitrogens with one attached hydrogen (secondary N) is 2. The van der Waals surface area contributed by atoms with Gasteiger partial charge in [0.15, 0.2) is 0 Å². The number of rotatable bonds is 4. The number of pyridine rings is 1. The number of carbonyl (C=O) groups excluding carboxylic acids is 1. The lowest BCUT2D eigenvalue weighted by molar-refractivity contribution is 0.251. The summed E-state index contributed by atoms with van der Waals surface area (Å²) in [6.07, 6.45) is 6.15. The Hall–Kier alpha value is -2.83. The van der Waals surface area contributed by atoms with Gasteiger partial charge in [-0.05, 0) is 25.5 Å². The van der Waals surface area contributed by atoms with E-state index in [0.717, 1.165) is 34.6 Å². The van der Waals surface area contributed by atoms with E-state index in [0.29, 0.717) is 12.2 Å². The SMILES string of the molecule is CCc1onc(C)c1CNC(=O)Nc1cc(C)c2nccn2c1. The Morgan fingerprint density at radius 1 is 1.39 bits per heavy atom. The quantitative estimate of drug-likeness (QED) is 0.775. The molecule has 0 bridgehead atoms. The van der Waals surface area contributed by atoms with Crippen LogP contribution in [0.4, 0.5) is 10.5 Å². The lowest BCUT2D eigenvalue weighted by Gasteiger charge is -2.09. The van der Waals surface area contributed by atoms with Crippen molar-refractivity contribution in [3.63, 3.8) is 0 Å². The molecule has 0 saturated heterocycles. The largest absolute Gasteiger partial charge is 0.361 e. The van der Waals surface area contributed by atoms with E-state index < -0.39 is 0 Å². The molecule has 0 aliphatic carbocycles. The van der Waals surface area contributed by atoms with Gasteiger partial charge in [-0.2, -0.15) is 0 Å². The maximum absolute atomic E-state index is 12.1. The van der Waals surface area contributed by atoms with Gasteiger partial charge in [-0.1, -0.05) is 12.1 Å². The van der Waals surface area contributed by atoms with Crippen LogP contribution in [0.3, 0.4) is 0 Å². The molecule has 7 heteroatoms. The van der Waals surface area contributed by atoms with Crippen molar-refractivity contribution in [3.8, 4) is 0 Å². The number of fused-ring (bicyclic) bond motifs is 1. The first-order chi connectivity index (χ1) is 11.1. The predicted octanol–water partition coefficient (Wildman–Crippen LogP) is 2.82. The fourth-order valence-electron chi connectivity index (χ4n) is 2.56. The predicted molar refractivity (Wildman–Crippen MR) is 86.4 cm³/mol. The Kier molecular flexibility index (Phi) is 4.01. The number of amides is 2. The molecule has 23 heavy (non-hydrogen) atoms. The van der Waals surface area contributed by atoms with Crippen LogP contribution in [-0.4, -0.2) is 20.6 Å². The molecule has 0 aromatic carbocycles. The minimum Gasteiger partial charge on any atom is -0.361 e. The van der Waals surface area contributed by atoms with E-state index in [-0.39, 0.29) is 6.03 Å². The highest BCUT2D eigenvalue weighted by Crippen LogP contribution is 2.16. The average molecular weight is 313 g/mol. The first kappa shape index (κ1) is 15.1. The van der Waals surface area contributed by atoms with E-state index in [1.54, 1.807) is 6.20 Å². The van der Waals surface area contributed by atoms with E-state index in [1.807, 2.05) is 43.6 Å². The number of hydrogen-bond donors (Lipinski definition) is 2. The van der Waals surface area contributed by atoms with Crippen LogP contribution in [0, 0.1) is 13.8 Å². The van der Waals surface area contributed by atoms with Gasteiger partial charge >= 0.3 is 6.03 Å². The molecule has 0 aliphatic rings. The topological polar surface area (TPSA) is 84.5 Å². The molecule has 0 radical (unpaired) electrons. The van der Waals surface area contributed by atoms with E-state index in [1.165, 1.54) is 0 Å². The van der Waals surface area contributed by atoms with Crippen molar-refractivity contribution in [2.24, 2.45) is 0 Å². The lowest BCUT2D eigenvalue weighted by Crippen LogP contribution is -2.28. The number of anilines is 1. The minimum atomic E-state index is -0.272. The Morgan fingerprint density at radius 2 is 2.22 bits per heavy atom. The molecule has 0 unspecified atom stereocenters. The van der Waals surface area contributed by atoms with Gasteiger partial charge in [0.2, 0.25) is 0 Å². The van der Waals surface area contributed by atoms with Crippen LogP contribution in [0.1, 0.15) is 29.5 Å². The minimum absolute atomic E-state index is 0.272. The van der Waals surface area contributed by atoms with Gasteiger partial charge in [-0.15, -0.1) is 0 Å². The second-order valence-corrected chi connectivity index (χ2v) is 5.40. The van der Waals surface area contributed by atoms with Gasteiger partial charge in [-0.3, -0.25) is 0 Å². The van der Waals surface area contributed by atoms with Crippen molar-refractivity contribution in [3.05, 3.63) is 47.2 Å². The molecule has 7 nitrogen and oxygen atoms in total. The van der Waals surface area contributed by atoms with E-state index in [4.69, 9.17) is 4.52 Å². The summed E-state index contributed by atoms with van der Waals surface area (Å²) in [5.41, 5.74) is 4.32. The standard InChI is InChI=1S/C16H19N5O2/c1-4-14-13(11(3)20-23-14)8-18-16(22)19-12-7-10(2)15-17-5-6-21(15)9-12/h5-7,9H,4,8H2,1-3H3,(H2,18,19,22). The third-order valence-corrected chi connectivity index (χ3v) is 3.74. The van der Waals surface area contributed by atoms with Crippen molar-refractivity contribution in [2.75, 3.05) is 5.32 Å². The number of urea groups is 1. The summed E-state index contributed by atoms with van der Waals surface area (Å²) in [6, 6.07) is 1.62. The molecule has 120 valence electrons. The van der Waals surface area contributed by atoms with Crippen molar-refractivity contribution in [1.82, 2.24) is 19.9 Å². The van der Waals surface area contributed by atoms with Gasteiger partial charge in [-0.25, -0.2) is 9.78 Å². The molecule has 3 aromatic rings. The van der Waals surface area contributed by atoms with E-state index >= 15 is 0 Å². The summed E-state index contributed by atoms with van der Waals surface area (Å²) in [6.45, 7) is 6.20. The molecule has 0 fully saturated rings. The van der Waals surface area contributed by atoms with Crippen LogP contribution in [0.25, 0.3) is 5.65 Å². The van der Waals surface area contributed by atoms with Gasteiger partial charge in [0.25, 0.3) is 0 Å². The Bertz CT molecular complexity index is 849. The van der Waals surface area contributed by atoms with Gasteiger partial charge in [0, 0.05) is 37.1 Å². The van der Waals surface area contributed by atoms with E-state index in [2.05, 4.69) is 20.8 Å². The Balaban J connectivity index is 1.67. The zero-order valence-corrected chi connectivity index (χ0v) is 13.4. The van der Waals surface area contributed by atoms with Crippen LogP contribution in [-0.2, 0) is 13.0 Å². The molecular formula is C16H19N5O2. The third kappa shape index (κ3) is 3.03. The molecule has 0 saturated carbocycles. The summed E-state index contributed by atoms with van der Waals surface area (Å²) >= 11 is 0. The summed E-state index contributed by atoms with van der Waals surface area (Å²) < 4.78 is 7.10. The highest BCUT2D eigenvalue weighted by atomic mass is 16.5. The number of nitrogens with zero attached hydrogens (tertiary/aromatic N) is 3. The van der Waals surface area contributed by atoms with Crippen LogP contribution in [0.2, 0.25) is 0 Å². The van der Waals surface area contributed by atoms with E-state index in [9.17, 15) is 4.79 Å². The van der Waals surface area contributed by atoms with Crippen molar-refractivity contribution >= 4 is 17.4 Å². The summed E-state index contributed by atoms with van der Waals surface area (Å²) in [7, 11) is 0. The zero-order valence-electron chi connectivity index (χ0n) is 13.4. The number of hydrogen-bond acceptors (Lipinski definition) is 4. The smallest absolute Gasteiger partial charge is 0.319 e. The third-order valence-electron chi connectivity index (χ3n) is 3.74. The molecular weight excluding hydrogens is 294 g/mol. The molecule has 0 spiro atoms. The fourth-order valence-corrected chi connectivity index (χ4v) is 2.56. The molecule has 3 heterocycles. The average Bonchev–Trinajstić information content (AvgIpc) is 3.12. The van der Waals surface area contributed by atoms with Gasteiger partial charge in [0.05, 0.1) is 11.4 Å². The number of aryl methyl sites for hydroxylation is 3. The Labute approximate surface area is 133 Å². The van der Waals surface area contributed by atoms with Gasteiger partial charge < -0.3 is 19.6 Å². The van der Waals surface area contributed by atoms with Crippen molar-refractivity contribution in [2.45, 2.75) is 33.7 Å². The summed E-state index contributed by atoms with van der Waals surface area (Å²) in [4.78, 5) is 16.4. The van der Waals surface area contributed by atoms with Crippen molar-refractivity contribution in [1.29, 1.82) is 0 Å². The number of aromatic nitrogens is 3. The van der Waals surface area contributed by atoms with Crippen molar-refractivity contribution < 1.29 is 9.32 Å². The summed E-state index contributed by atoms with van der Waals surface area (Å²) in [5, 5.41) is 9.60.